The fourth-order valence-corrected chi connectivity index (χ4v) is 5.09. The second-order valence-electron chi connectivity index (χ2n) is 8.15. The van der Waals surface area contributed by atoms with Crippen molar-refractivity contribution in [2.75, 3.05) is 33.0 Å². The van der Waals surface area contributed by atoms with E-state index in [0.717, 1.165) is 49.7 Å². The predicted molar refractivity (Wildman–Crippen MR) is 114 cm³/mol. The van der Waals surface area contributed by atoms with Crippen LogP contribution < -0.4 is 10.3 Å². The quantitative estimate of drug-likeness (QED) is 0.769. The number of H-pyrrole nitrogens is 1. The van der Waals surface area contributed by atoms with Gasteiger partial charge in [0.15, 0.2) is 0 Å². The molecule has 1 saturated heterocycles. The highest BCUT2D eigenvalue weighted by molar-refractivity contribution is 7.88. The Hall–Kier alpha value is -2.23. The van der Waals surface area contributed by atoms with Crippen LogP contribution in [0.25, 0.3) is 0 Å². The Morgan fingerprint density at radius 3 is 2.70 bits per heavy atom. The first-order valence-corrected chi connectivity index (χ1v) is 12.1. The molecule has 30 heavy (non-hydrogen) atoms. The molecule has 1 aromatic heterocycles. The predicted octanol–water partition coefficient (Wildman–Crippen LogP) is 1.48. The second kappa shape index (κ2) is 8.49. The van der Waals surface area contributed by atoms with E-state index in [-0.39, 0.29) is 18.0 Å². The van der Waals surface area contributed by atoms with Crippen molar-refractivity contribution >= 4 is 10.0 Å². The lowest BCUT2D eigenvalue weighted by Crippen LogP contribution is -2.40. The molecule has 2 aromatic rings. The van der Waals surface area contributed by atoms with Crippen molar-refractivity contribution in [2.24, 2.45) is 0 Å². The number of aromatic nitrogens is 2. The van der Waals surface area contributed by atoms with Crippen LogP contribution in [0.15, 0.2) is 29.1 Å². The third kappa shape index (κ3) is 4.58. The molecular formula is C21H28N4O4S. The summed E-state index contributed by atoms with van der Waals surface area (Å²) < 4.78 is 30.2. The number of sulfonamides is 1. The van der Waals surface area contributed by atoms with E-state index in [4.69, 9.17) is 9.72 Å². The van der Waals surface area contributed by atoms with E-state index in [1.54, 1.807) is 7.11 Å². The van der Waals surface area contributed by atoms with Gasteiger partial charge in [0.05, 0.1) is 24.6 Å². The van der Waals surface area contributed by atoms with E-state index in [2.05, 4.69) is 22.0 Å². The number of piperidine rings is 1. The fourth-order valence-electron chi connectivity index (χ4n) is 4.31. The van der Waals surface area contributed by atoms with Gasteiger partial charge in [-0.05, 0) is 37.1 Å². The van der Waals surface area contributed by atoms with Gasteiger partial charge in [-0.25, -0.2) is 13.4 Å². The van der Waals surface area contributed by atoms with Crippen molar-refractivity contribution in [3.05, 3.63) is 57.3 Å². The number of hydrogen-bond donors (Lipinski definition) is 1. The Labute approximate surface area is 176 Å². The molecule has 4 rings (SSSR count). The fraction of sp³-hybridized carbons (Fsp3) is 0.524. The first kappa shape index (κ1) is 21.0. The summed E-state index contributed by atoms with van der Waals surface area (Å²) in [4.78, 5) is 22.8. The Bertz CT molecular complexity index is 1070. The van der Waals surface area contributed by atoms with E-state index in [0.29, 0.717) is 18.5 Å². The molecule has 0 spiro atoms. The summed E-state index contributed by atoms with van der Waals surface area (Å²) in [7, 11) is -1.66. The van der Waals surface area contributed by atoms with Crippen molar-refractivity contribution < 1.29 is 13.2 Å². The van der Waals surface area contributed by atoms with Crippen molar-refractivity contribution in [3.8, 4) is 5.75 Å². The lowest BCUT2D eigenvalue weighted by molar-refractivity contribution is 0.196. The molecule has 9 heteroatoms. The highest BCUT2D eigenvalue weighted by atomic mass is 32.2. The summed E-state index contributed by atoms with van der Waals surface area (Å²) >= 11 is 0. The van der Waals surface area contributed by atoms with Gasteiger partial charge in [-0.1, -0.05) is 12.1 Å². The van der Waals surface area contributed by atoms with Gasteiger partial charge in [-0.3, -0.25) is 9.69 Å². The average molecular weight is 433 g/mol. The number of likely N-dealkylation sites (tertiary alicyclic amines) is 1. The first-order valence-electron chi connectivity index (χ1n) is 10.3. The van der Waals surface area contributed by atoms with Gasteiger partial charge >= 0.3 is 0 Å². The van der Waals surface area contributed by atoms with Crippen LogP contribution in [0.5, 0.6) is 5.75 Å². The smallest absolute Gasteiger partial charge is 0.255 e. The molecule has 1 fully saturated rings. The lowest BCUT2D eigenvalue weighted by Gasteiger charge is -2.33. The normalized spacial score (nSPS) is 20.7. The topological polar surface area (TPSA) is 95.6 Å². The summed E-state index contributed by atoms with van der Waals surface area (Å²) in [5.74, 6) is 1.74. The van der Waals surface area contributed by atoms with E-state index in [1.807, 2.05) is 12.1 Å². The van der Waals surface area contributed by atoms with Gasteiger partial charge in [0.1, 0.15) is 11.6 Å². The van der Waals surface area contributed by atoms with Crippen LogP contribution in [-0.4, -0.2) is 60.6 Å². The molecular weight excluding hydrogens is 404 g/mol. The van der Waals surface area contributed by atoms with Crippen LogP contribution in [0.1, 0.15) is 41.4 Å². The molecule has 1 unspecified atom stereocenters. The zero-order valence-corrected chi connectivity index (χ0v) is 18.2. The van der Waals surface area contributed by atoms with Gasteiger partial charge < -0.3 is 9.72 Å². The molecule has 1 N–H and O–H groups in total. The Balaban J connectivity index is 1.48. The van der Waals surface area contributed by atoms with Crippen molar-refractivity contribution in [1.29, 1.82) is 0 Å². The van der Waals surface area contributed by atoms with Gasteiger partial charge in [-0.15, -0.1) is 0 Å². The molecule has 0 amide bonds. The number of methoxy groups -OCH3 is 1. The molecule has 0 radical (unpaired) electrons. The van der Waals surface area contributed by atoms with Crippen LogP contribution in [-0.2, 0) is 29.5 Å². The van der Waals surface area contributed by atoms with Gasteiger partial charge in [0.2, 0.25) is 10.0 Å². The second-order valence-corrected chi connectivity index (χ2v) is 10.1. The summed E-state index contributed by atoms with van der Waals surface area (Å²) in [6.07, 6.45) is 3.68. The number of aromatic amines is 1. The summed E-state index contributed by atoms with van der Waals surface area (Å²) in [6.45, 7) is 3.17. The monoisotopic (exact) mass is 432 g/mol. The highest BCUT2D eigenvalue weighted by Gasteiger charge is 2.29. The molecule has 1 aromatic carbocycles. The maximum Gasteiger partial charge on any atom is 0.255 e. The minimum absolute atomic E-state index is 0.102. The molecule has 3 heterocycles. The number of rotatable bonds is 5. The van der Waals surface area contributed by atoms with Gasteiger partial charge in [0, 0.05) is 38.5 Å². The molecule has 162 valence electrons. The molecule has 0 bridgehead atoms. The minimum Gasteiger partial charge on any atom is -0.497 e. The number of nitrogens with one attached hydrogen (secondary N) is 1. The maximum absolute atomic E-state index is 12.7. The van der Waals surface area contributed by atoms with Gasteiger partial charge in [0.25, 0.3) is 5.56 Å². The van der Waals surface area contributed by atoms with E-state index < -0.39 is 10.0 Å². The van der Waals surface area contributed by atoms with E-state index >= 15 is 0 Å². The SMILES string of the molecule is COc1ccc(CN2CCCC(c3nc4c(c(=O)[nH]3)CN(S(C)(=O)=O)CC4)C2)cc1. The largest absolute Gasteiger partial charge is 0.497 e. The van der Waals surface area contributed by atoms with E-state index in [1.165, 1.54) is 16.1 Å². The van der Waals surface area contributed by atoms with Gasteiger partial charge in [-0.2, -0.15) is 4.31 Å². The molecule has 1 atom stereocenters. The zero-order valence-electron chi connectivity index (χ0n) is 17.4. The van der Waals surface area contributed by atoms with E-state index in [9.17, 15) is 13.2 Å². The summed E-state index contributed by atoms with van der Waals surface area (Å²) in [6, 6.07) is 8.10. The Morgan fingerprint density at radius 1 is 1.23 bits per heavy atom. The third-order valence-corrected chi connectivity index (χ3v) is 7.23. The molecule has 2 aliphatic rings. The molecule has 8 nitrogen and oxygen atoms in total. The Morgan fingerprint density at radius 2 is 2.00 bits per heavy atom. The number of hydrogen-bond acceptors (Lipinski definition) is 6. The summed E-state index contributed by atoms with van der Waals surface area (Å²) in [5, 5.41) is 0. The maximum atomic E-state index is 12.7. The lowest BCUT2D eigenvalue weighted by atomic mass is 9.96. The highest BCUT2D eigenvalue weighted by Crippen LogP contribution is 2.27. The van der Waals surface area contributed by atoms with Crippen molar-refractivity contribution in [3.63, 3.8) is 0 Å². The number of nitrogens with zero attached hydrogens (tertiary/aromatic N) is 3. The van der Waals surface area contributed by atoms with Crippen LogP contribution >= 0.6 is 0 Å². The van der Waals surface area contributed by atoms with Crippen molar-refractivity contribution in [1.82, 2.24) is 19.2 Å². The van der Waals surface area contributed by atoms with Crippen LogP contribution in [0.3, 0.4) is 0 Å². The number of ether oxygens (including phenoxy) is 1. The third-order valence-electron chi connectivity index (χ3n) is 5.98. The molecule has 0 aliphatic carbocycles. The zero-order chi connectivity index (χ0) is 21.3. The molecule has 2 aliphatic heterocycles. The average Bonchev–Trinajstić information content (AvgIpc) is 2.73. The van der Waals surface area contributed by atoms with Crippen LogP contribution in [0.4, 0.5) is 0 Å². The first-order chi connectivity index (χ1) is 14.3. The van der Waals surface area contributed by atoms with Crippen molar-refractivity contribution in [2.45, 2.75) is 38.3 Å². The standard InChI is InChI=1S/C21H28N4O4S/c1-29-17-7-5-15(6-8-17)12-24-10-3-4-16(13-24)20-22-19-9-11-25(30(2,27)28)14-18(19)21(26)23-20/h5-8,16H,3-4,9-14H2,1-2H3,(H,22,23,26). The molecule has 0 saturated carbocycles. The van der Waals surface area contributed by atoms with Crippen LogP contribution in [0, 0.1) is 0 Å². The Kier molecular flexibility index (Phi) is 5.95. The number of benzene rings is 1. The van der Waals surface area contributed by atoms with Crippen LogP contribution in [0.2, 0.25) is 0 Å². The summed E-state index contributed by atoms with van der Waals surface area (Å²) in [5.41, 5.74) is 2.22. The number of fused-ring (bicyclic) bond motifs is 1. The minimum atomic E-state index is -3.32.